The predicted octanol–water partition coefficient (Wildman–Crippen LogP) is 7.06. The molecule has 0 aromatic heterocycles. The summed E-state index contributed by atoms with van der Waals surface area (Å²) in [5, 5.41) is 3.56. The maximum Gasteiger partial charge on any atom is 0.241 e. The van der Waals surface area contributed by atoms with Crippen LogP contribution in [-0.4, -0.2) is 65.3 Å². The molecular weight excluding hydrogens is 496 g/mol. The molecule has 39 heavy (non-hydrogen) atoms. The first kappa shape index (κ1) is 33.2. The van der Waals surface area contributed by atoms with Gasteiger partial charge in [0, 0.05) is 49.1 Å². The average molecular weight is 550 g/mol. The minimum absolute atomic E-state index is 0.268. The lowest BCUT2D eigenvalue weighted by molar-refractivity contribution is -0.133. The zero-order valence-corrected chi connectivity index (χ0v) is 24.8. The minimum atomic E-state index is -2.16. The van der Waals surface area contributed by atoms with Gasteiger partial charge in [0.15, 0.2) is 0 Å². The monoisotopic (exact) mass is 549 g/mol. The number of nitrogens with zero attached hydrogens (tertiary/aromatic N) is 2. The van der Waals surface area contributed by atoms with Crippen molar-refractivity contribution in [3.05, 3.63) is 36.4 Å². The van der Waals surface area contributed by atoms with E-state index in [-0.39, 0.29) is 6.04 Å². The number of rotatable bonds is 4. The first-order valence-electron chi connectivity index (χ1n) is 15.6. The smallest absolute Gasteiger partial charge is 0.241 e. The van der Waals surface area contributed by atoms with Crippen LogP contribution in [0.2, 0.25) is 0 Å². The van der Waals surface area contributed by atoms with Gasteiger partial charge in [-0.3, -0.25) is 9.59 Å². The van der Waals surface area contributed by atoms with Crippen LogP contribution in [0.1, 0.15) is 105 Å². The summed E-state index contributed by atoms with van der Waals surface area (Å²) in [6.45, 7) is 9.91. The summed E-state index contributed by atoms with van der Waals surface area (Å²) in [6, 6.07) is 13.0. The molecule has 2 aliphatic carbocycles. The lowest BCUT2D eigenvalue weighted by Crippen LogP contribution is -2.50. The van der Waals surface area contributed by atoms with Crippen LogP contribution < -0.4 is 5.32 Å². The van der Waals surface area contributed by atoms with Crippen molar-refractivity contribution in [3.63, 3.8) is 0 Å². The van der Waals surface area contributed by atoms with Crippen molar-refractivity contribution in [1.82, 2.24) is 15.1 Å². The van der Waals surface area contributed by atoms with E-state index in [9.17, 15) is 18.4 Å². The van der Waals surface area contributed by atoms with Crippen molar-refractivity contribution in [1.29, 1.82) is 0 Å². The molecule has 3 aliphatic heterocycles. The molecule has 6 rings (SSSR count). The third-order valence-electron chi connectivity index (χ3n) is 8.47. The van der Waals surface area contributed by atoms with Crippen LogP contribution in [0.15, 0.2) is 36.4 Å². The van der Waals surface area contributed by atoms with Gasteiger partial charge >= 0.3 is 0 Å². The predicted molar refractivity (Wildman–Crippen MR) is 156 cm³/mol. The van der Waals surface area contributed by atoms with Crippen molar-refractivity contribution >= 4 is 12.3 Å². The quantitative estimate of drug-likeness (QED) is 0.409. The maximum atomic E-state index is 12.5. The molecule has 1 unspecified atom stereocenters. The molecular formula is C32H53F2N3O2. The van der Waals surface area contributed by atoms with Gasteiger partial charge in [-0.2, -0.15) is 0 Å². The molecule has 7 heteroatoms. The lowest BCUT2D eigenvalue weighted by Gasteiger charge is -2.40. The van der Waals surface area contributed by atoms with E-state index in [0.29, 0.717) is 42.8 Å². The Morgan fingerprint density at radius 2 is 1.46 bits per heavy atom. The number of hydrogen-bond donors (Lipinski definition) is 1. The third kappa shape index (κ3) is 10.1. The number of hydrogen-bond acceptors (Lipinski definition) is 3. The number of amides is 2. The highest BCUT2D eigenvalue weighted by Crippen LogP contribution is 2.48. The Hall–Kier alpha value is -2.02. The molecule has 0 bridgehead atoms. The fourth-order valence-electron chi connectivity index (χ4n) is 6.18. The van der Waals surface area contributed by atoms with Gasteiger partial charge in [-0.15, -0.1) is 0 Å². The standard InChI is InChI=1S/C15H24F2N2O.C7H11NO.C6H6.2C2H6/c16-15(17)10-7-12(8-10)18-11-3-1-5-14(20)19-6-2-4-13(19)9-11;9-6-8-5-1-2-7(8)3-4-7;1-2-4-6-5-3-1;2*1-2/h10-13,15,18H,1-9H2;6H,1-5H2;1-6H;2*1-2H3/t10?,11?,12?,13-;;;;/m1..../s1. The van der Waals surface area contributed by atoms with Crippen molar-refractivity contribution < 1.29 is 18.4 Å². The minimum Gasteiger partial charge on any atom is -0.340 e. The number of nitrogens with one attached hydrogen (secondary N) is 1. The van der Waals surface area contributed by atoms with E-state index in [1.54, 1.807) is 0 Å². The molecule has 2 amide bonds. The Bertz CT molecular complexity index is 773. The highest BCUT2D eigenvalue weighted by atomic mass is 19.3. The third-order valence-corrected chi connectivity index (χ3v) is 8.47. The molecule has 1 N–H and O–H groups in total. The van der Waals surface area contributed by atoms with Crippen LogP contribution in [0.3, 0.4) is 0 Å². The van der Waals surface area contributed by atoms with Crippen LogP contribution in [-0.2, 0) is 9.59 Å². The second kappa shape index (κ2) is 17.6. The molecule has 2 saturated carbocycles. The van der Waals surface area contributed by atoms with Crippen LogP contribution in [0.4, 0.5) is 8.78 Å². The molecule has 1 spiro atoms. The summed E-state index contributed by atoms with van der Waals surface area (Å²) in [4.78, 5) is 26.4. The number of alkyl halides is 2. The molecule has 1 aromatic carbocycles. The van der Waals surface area contributed by atoms with E-state index >= 15 is 0 Å². The van der Waals surface area contributed by atoms with Gasteiger partial charge < -0.3 is 15.1 Å². The fraction of sp³-hybridized carbons (Fsp3) is 0.750. The first-order chi connectivity index (χ1) is 19.0. The van der Waals surface area contributed by atoms with Crippen molar-refractivity contribution in [2.75, 3.05) is 13.1 Å². The summed E-state index contributed by atoms with van der Waals surface area (Å²) in [7, 11) is 0. The fourth-order valence-corrected chi connectivity index (χ4v) is 6.18. The highest BCUT2D eigenvalue weighted by molar-refractivity contribution is 5.76. The van der Waals surface area contributed by atoms with E-state index in [0.717, 1.165) is 51.6 Å². The zero-order valence-electron chi connectivity index (χ0n) is 24.8. The summed E-state index contributed by atoms with van der Waals surface area (Å²) < 4.78 is 25.0. The van der Waals surface area contributed by atoms with Gasteiger partial charge in [-0.05, 0) is 70.6 Å². The molecule has 2 atom stereocenters. The summed E-state index contributed by atoms with van der Waals surface area (Å²) in [5.41, 5.74) is 0.377. The number of fused-ring (bicyclic) bond motifs is 1. The number of benzene rings is 1. The van der Waals surface area contributed by atoms with Crippen LogP contribution in [0.5, 0.6) is 0 Å². The second-order valence-corrected chi connectivity index (χ2v) is 10.9. The Kier molecular flexibility index (Phi) is 15.0. The van der Waals surface area contributed by atoms with Gasteiger partial charge in [0.05, 0.1) is 0 Å². The van der Waals surface area contributed by atoms with Crippen LogP contribution in [0.25, 0.3) is 0 Å². The summed E-state index contributed by atoms with van der Waals surface area (Å²) >= 11 is 0. The average Bonchev–Trinajstić information content (AvgIpc) is 3.38. The zero-order chi connectivity index (χ0) is 28.7. The van der Waals surface area contributed by atoms with E-state index in [1.807, 2.05) is 69.0 Å². The first-order valence-corrected chi connectivity index (χ1v) is 15.6. The van der Waals surface area contributed by atoms with Gasteiger partial charge in [-0.25, -0.2) is 8.78 Å². The molecule has 5 nitrogen and oxygen atoms in total. The number of likely N-dealkylation sites (tertiary alicyclic amines) is 1. The molecule has 3 heterocycles. The van der Waals surface area contributed by atoms with E-state index in [4.69, 9.17) is 0 Å². The number of carbonyl (C=O) groups is 2. The number of carbonyl (C=O) groups excluding carboxylic acids is 2. The summed E-state index contributed by atoms with van der Waals surface area (Å²) in [6.07, 6.45) is 10.9. The lowest BCUT2D eigenvalue weighted by atomic mass is 9.79. The molecule has 1 aromatic rings. The van der Waals surface area contributed by atoms with Gasteiger partial charge in [0.25, 0.3) is 0 Å². The van der Waals surface area contributed by atoms with E-state index in [2.05, 4.69) is 10.2 Å². The van der Waals surface area contributed by atoms with Gasteiger partial charge in [0.2, 0.25) is 18.7 Å². The topological polar surface area (TPSA) is 52.7 Å². The number of halogens is 2. The van der Waals surface area contributed by atoms with Crippen LogP contribution >= 0.6 is 0 Å². The van der Waals surface area contributed by atoms with Crippen molar-refractivity contribution in [3.8, 4) is 0 Å². The molecule has 222 valence electrons. The molecule has 0 radical (unpaired) electrons. The highest BCUT2D eigenvalue weighted by Gasteiger charge is 2.50. The Morgan fingerprint density at radius 3 is 1.97 bits per heavy atom. The van der Waals surface area contributed by atoms with Crippen LogP contribution in [0, 0.1) is 5.92 Å². The second-order valence-electron chi connectivity index (χ2n) is 10.9. The Morgan fingerprint density at radius 1 is 0.846 bits per heavy atom. The largest absolute Gasteiger partial charge is 0.340 e. The van der Waals surface area contributed by atoms with Gasteiger partial charge in [-0.1, -0.05) is 64.1 Å². The van der Waals surface area contributed by atoms with Crippen molar-refractivity contribution in [2.45, 2.75) is 135 Å². The summed E-state index contributed by atoms with van der Waals surface area (Å²) in [5.74, 6) is -0.0852. The Labute approximate surface area is 236 Å². The van der Waals surface area contributed by atoms with E-state index in [1.165, 1.54) is 25.7 Å². The maximum absolute atomic E-state index is 12.5. The molecule has 5 aliphatic rings. The normalized spacial score (nSPS) is 27.9. The van der Waals surface area contributed by atoms with Crippen molar-refractivity contribution in [2.24, 2.45) is 5.92 Å². The molecule has 3 saturated heterocycles. The van der Waals surface area contributed by atoms with E-state index < -0.39 is 12.3 Å². The van der Waals surface area contributed by atoms with Gasteiger partial charge in [0.1, 0.15) is 0 Å². The SMILES string of the molecule is CC.CC.O=C1CCCC(NC2CC(C(F)F)C2)C[C@H]2CCCN12.O=CN1CCCC12CC2.c1ccccc1. The Balaban J connectivity index is 0.000000230. The molecule has 5 fully saturated rings.